The van der Waals surface area contributed by atoms with Crippen LogP contribution in [0.1, 0.15) is 40.0 Å². The zero-order chi connectivity index (χ0) is 13.7. The van der Waals surface area contributed by atoms with Crippen LogP contribution in [0.3, 0.4) is 0 Å². The van der Waals surface area contributed by atoms with E-state index in [1.807, 2.05) is 6.92 Å². The first kappa shape index (κ1) is 15.0. The van der Waals surface area contributed by atoms with Gasteiger partial charge in [-0.1, -0.05) is 13.3 Å². The second kappa shape index (κ2) is 6.73. The molecule has 4 N–H and O–H groups in total. The Labute approximate surface area is 109 Å². The van der Waals surface area contributed by atoms with Crippen LogP contribution in [-0.2, 0) is 9.59 Å². The lowest BCUT2D eigenvalue weighted by Gasteiger charge is -2.33. The second-order valence-electron chi connectivity index (χ2n) is 5.22. The van der Waals surface area contributed by atoms with Crippen LogP contribution in [0.5, 0.6) is 0 Å². The molecule has 104 valence electrons. The van der Waals surface area contributed by atoms with E-state index in [9.17, 15) is 9.59 Å². The van der Waals surface area contributed by atoms with Gasteiger partial charge in [0.05, 0.1) is 5.92 Å². The zero-order valence-corrected chi connectivity index (χ0v) is 11.5. The van der Waals surface area contributed by atoms with Gasteiger partial charge in [-0.05, 0) is 32.6 Å². The van der Waals surface area contributed by atoms with Crippen molar-refractivity contribution in [3.8, 4) is 0 Å². The monoisotopic (exact) mass is 255 g/mol. The van der Waals surface area contributed by atoms with Gasteiger partial charge in [0.25, 0.3) is 0 Å². The molecule has 4 unspecified atom stereocenters. The second-order valence-corrected chi connectivity index (χ2v) is 5.22. The molecule has 0 saturated heterocycles. The average Bonchev–Trinajstić information content (AvgIpc) is 2.28. The number of hydrogen-bond donors (Lipinski definition) is 3. The summed E-state index contributed by atoms with van der Waals surface area (Å²) in [6.07, 6.45) is 3.00. The first-order valence-corrected chi connectivity index (χ1v) is 6.81. The Balaban J connectivity index is 2.55. The Morgan fingerprint density at radius 2 is 2.06 bits per heavy atom. The van der Waals surface area contributed by atoms with Crippen molar-refractivity contribution in [2.24, 2.45) is 17.6 Å². The SMILES string of the molecule is CCNC(=O)C(C)NC(=O)C1C(C)CCCC1N. The first-order chi connectivity index (χ1) is 8.47. The van der Waals surface area contributed by atoms with Crippen LogP contribution in [0, 0.1) is 11.8 Å². The molecule has 1 aliphatic rings. The number of nitrogens with one attached hydrogen (secondary N) is 2. The minimum atomic E-state index is -0.501. The molecule has 0 bridgehead atoms. The fourth-order valence-corrected chi connectivity index (χ4v) is 2.61. The van der Waals surface area contributed by atoms with Crippen molar-refractivity contribution in [2.75, 3.05) is 6.54 Å². The lowest BCUT2D eigenvalue weighted by Crippen LogP contribution is -2.52. The quantitative estimate of drug-likeness (QED) is 0.679. The van der Waals surface area contributed by atoms with Crippen LogP contribution >= 0.6 is 0 Å². The van der Waals surface area contributed by atoms with Gasteiger partial charge in [0.15, 0.2) is 0 Å². The molecular formula is C13H25N3O2. The molecule has 1 aliphatic carbocycles. The minimum absolute atomic E-state index is 0.0878. The molecule has 5 heteroatoms. The third-order valence-corrected chi connectivity index (χ3v) is 3.68. The van der Waals surface area contributed by atoms with Crippen LogP contribution in [0.15, 0.2) is 0 Å². The molecule has 0 aromatic rings. The van der Waals surface area contributed by atoms with Crippen molar-refractivity contribution in [1.82, 2.24) is 10.6 Å². The predicted octanol–water partition coefficient (Wildman–Crippen LogP) is 0.391. The molecule has 0 aliphatic heterocycles. The lowest BCUT2D eigenvalue weighted by atomic mass is 9.76. The van der Waals surface area contributed by atoms with E-state index < -0.39 is 6.04 Å². The topological polar surface area (TPSA) is 84.2 Å². The van der Waals surface area contributed by atoms with E-state index >= 15 is 0 Å². The van der Waals surface area contributed by atoms with Crippen molar-refractivity contribution >= 4 is 11.8 Å². The Bertz CT molecular complexity index is 297. The highest BCUT2D eigenvalue weighted by Crippen LogP contribution is 2.29. The molecule has 0 spiro atoms. The Kier molecular flexibility index (Phi) is 5.59. The number of hydrogen-bond acceptors (Lipinski definition) is 3. The molecule has 18 heavy (non-hydrogen) atoms. The van der Waals surface area contributed by atoms with Crippen molar-refractivity contribution in [3.63, 3.8) is 0 Å². The maximum atomic E-state index is 12.2. The molecule has 0 radical (unpaired) electrons. The molecule has 0 heterocycles. The van der Waals surface area contributed by atoms with Gasteiger partial charge in [0, 0.05) is 12.6 Å². The smallest absolute Gasteiger partial charge is 0.242 e. The van der Waals surface area contributed by atoms with E-state index in [-0.39, 0.29) is 29.7 Å². The summed E-state index contributed by atoms with van der Waals surface area (Å²) in [5.74, 6) is -0.123. The van der Waals surface area contributed by atoms with Crippen molar-refractivity contribution in [2.45, 2.75) is 52.1 Å². The van der Waals surface area contributed by atoms with Crippen LogP contribution in [-0.4, -0.2) is 30.4 Å². The van der Waals surface area contributed by atoms with E-state index in [1.54, 1.807) is 6.92 Å². The van der Waals surface area contributed by atoms with Gasteiger partial charge in [-0.15, -0.1) is 0 Å². The summed E-state index contributed by atoms with van der Waals surface area (Å²) in [5, 5.41) is 5.46. The highest BCUT2D eigenvalue weighted by atomic mass is 16.2. The third-order valence-electron chi connectivity index (χ3n) is 3.68. The zero-order valence-electron chi connectivity index (χ0n) is 11.5. The molecule has 1 fully saturated rings. The Morgan fingerprint density at radius 3 is 2.61 bits per heavy atom. The molecule has 1 saturated carbocycles. The van der Waals surface area contributed by atoms with E-state index in [1.165, 1.54) is 0 Å². The normalized spacial score (nSPS) is 29.4. The van der Waals surface area contributed by atoms with Crippen LogP contribution in [0.4, 0.5) is 0 Å². The van der Waals surface area contributed by atoms with Gasteiger partial charge in [0.1, 0.15) is 6.04 Å². The van der Waals surface area contributed by atoms with Gasteiger partial charge in [-0.25, -0.2) is 0 Å². The van der Waals surface area contributed by atoms with Crippen LogP contribution in [0.2, 0.25) is 0 Å². The number of carbonyl (C=O) groups is 2. The summed E-state index contributed by atoms with van der Waals surface area (Å²) in [6.45, 7) is 6.17. The van der Waals surface area contributed by atoms with Crippen molar-refractivity contribution < 1.29 is 9.59 Å². The van der Waals surface area contributed by atoms with E-state index in [0.717, 1.165) is 19.3 Å². The molecular weight excluding hydrogens is 230 g/mol. The molecule has 4 atom stereocenters. The van der Waals surface area contributed by atoms with Gasteiger partial charge >= 0.3 is 0 Å². The number of amides is 2. The lowest BCUT2D eigenvalue weighted by molar-refractivity contribution is -0.132. The maximum Gasteiger partial charge on any atom is 0.242 e. The van der Waals surface area contributed by atoms with Gasteiger partial charge in [-0.2, -0.15) is 0 Å². The summed E-state index contributed by atoms with van der Waals surface area (Å²) in [7, 11) is 0. The summed E-state index contributed by atoms with van der Waals surface area (Å²) < 4.78 is 0. The molecule has 2 amide bonds. The number of nitrogens with two attached hydrogens (primary N) is 1. The van der Waals surface area contributed by atoms with Crippen LogP contribution in [0.25, 0.3) is 0 Å². The molecule has 5 nitrogen and oxygen atoms in total. The molecule has 0 aromatic heterocycles. The van der Waals surface area contributed by atoms with Crippen LogP contribution < -0.4 is 16.4 Å². The first-order valence-electron chi connectivity index (χ1n) is 6.81. The Hall–Kier alpha value is -1.10. The fourth-order valence-electron chi connectivity index (χ4n) is 2.61. The van der Waals surface area contributed by atoms with Gasteiger partial charge in [0.2, 0.25) is 11.8 Å². The highest BCUT2D eigenvalue weighted by Gasteiger charge is 2.34. The summed E-state index contributed by atoms with van der Waals surface area (Å²) in [4.78, 5) is 23.7. The van der Waals surface area contributed by atoms with E-state index in [2.05, 4.69) is 17.6 Å². The highest BCUT2D eigenvalue weighted by molar-refractivity contribution is 5.88. The number of likely N-dealkylation sites (N-methyl/N-ethyl adjacent to an activating group) is 1. The van der Waals surface area contributed by atoms with Gasteiger partial charge < -0.3 is 16.4 Å². The summed E-state index contributed by atoms with van der Waals surface area (Å²) in [5.41, 5.74) is 6.02. The van der Waals surface area contributed by atoms with Crippen molar-refractivity contribution in [3.05, 3.63) is 0 Å². The molecule has 1 rings (SSSR count). The van der Waals surface area contributed by atoms with E-state index in [4.69, 9.17) is 5.73 Å². The number of rotatable bonds is 4. The maximum absolute atomic E-state index is 12.2. The minimum Gasteiger partial charge on any atom is -0.355 e. The average molecular weight is 255 g/mol. The van der Waals surface area contributed by atoms with E-state index in [0.29, 0.717) is 6.54 Å². The Morgan fingerprint density at radius 1 is 1.39 bits per heavy atom. The standard InChI is InChI=1S/C13H25N3O2/c1-4-15-12(17)9(3)16-13(18)11-8(2)6-5-7-10(11)14/h8-11H,4-7,14H2,1-3H3,(H,15,17)(H,16,18). The van der Waals surface area contributed by atoms with Crippen molar-refractivity contribution in [1.29, 1.82) is 0 Å². The summed E-state index contributed by atoms with van der Waals surface area (Å²) in [6, 6.07) is -0.589. The largest absolute Gasteiger partial charge is 0.355 e. The summed E-state index contributed by atoms with van der Waals surface area (Å²) >= 11 is 0. The fraction of sp³-hybridized carbons (Fsp3) is 0.846. The van der Waals surface area contributed by atoms with Gasteiger partial charge in [-0.3, -0.25) is 9.59 Å². The predicted molar refractivity (Wildman–Crippen MR) is 70.8 cm³/mol. The third kappa shape index (κ3) is 3.70. The molecule has 0 aromatic carbocycles. The number of carbonyl (C=O) groups excluding carboxylic acids is 2.